The Morgan fingerprint density at radius 1 is 0.337 bits per heavy atom. The van der Waals surface area contributed by atoms with Crippen molar-refractivity contribution < 1.29 is 23.7 Å². The van der Waals surface area contributed by atoms with Crippen LogP contribution in [0.25, 0.3) is 22.8 Å². The Labute approximate surface area is 505 Å². The number of ether oxygens (including phenoxy) is 5. The first-order chi connectivity index (χ1) is 40.5. The molecular weight excluding hydrogens is 1060 g/mol. The topological polar surface area (TPSA) is 97.7 Å². The second kappa shape index (κ2) is 37.7. The smallest absolute Gasteiger partial charge is 0.167 e. The summed E-state index contributed by atoms with van der Waals surface area (Å²) in [6.07, 6.45) is 32.8. The van der Waals surface area contributed by atoms with Crippen LogP contribution >= 0.6 is 0 Å². The van der Waals surface area contributed by atoms with Crippen LogP contribution in [-0.2, 0) is 26.1 Å². The summed E-state index contributed by atoms with van der Waals surface area (Å²) in [5.74, 6) is 6.11. The Balaban J connectivity index is 1.12. The first-order valence-electron chi connectivity index (χ1n) is 32.8. The van der Waals surface area contributed by atoms with Crippen LogP contribution < -0.4 is 23.7 Å². The SMILES string of the molecule is CCCCCCCCCOc1ccc(COc2ccc(-c3ncc(Oc4cnc(-c5ccc(OCc6ccc(OCCCCCCCCC)cc6)cc5)nc4CCCC[Si](C)(C)CCCC)c(CCCC[Si](C)(C)CCCC)n3)cc2)cc1. The molecule has 0 saturated carbocycles. The van der Waals surface area contributed by atoms with Crippen molar-refractivity contribution >= 4 is 16.1 Å². The third-order valence-corrected chi connectivity index (χ3v) is 23.1. The highest BCUT2D eigenvalue weighted by atomic mass is 28.3. The molecule has 0 N–H and O–H groups in total. The predicted molar refractivity (Wildman–Crippen MR) is 353 cm³/mol. The fourth-order valence-corrected chi connectivity index (χ4v) is 16.2. The quantitative estimate of drug-likeness (QED) is 0.0274. The van der Waals surface area contributed by atoms with Crippen LogP contribution in [0.15, 0.2) is 109 Å². The van der Waals surface area contributed by atoms with Crippen LogP contribution in [-0.4, -0.2) is 49.3 Å². The van der Waals surface area contributed by atoms with E-state index in [1.165, 1.54) is 140 Å². The van der Waals surface area contributed by atoms with Gasteiger partial charge in [0.1, 0.15) is 36.2 Å². The third kappa shape index (κ3) is 25.7. The average molecular weight is 1160 g/mol. The van der Waals surface area contributed by atoms with Gasteiger partial charge in [0.15, 0.2) is 23.1 Å². The van der Waals surface area contributed by atoms with Crippen LogP contribution in [0.4, 0.5) is 0 Å². The van der Waals surface area contributed by atoms with Gasteiger partial charge in [0.05, 0.1) is 37.0 Å². The third-order valence-electron chi connectivity index (χ3n) is 16.2. The number of aromatic nitrogens is 4. The Morgan fingerprint density at radius 3 is 1.04 bits per heavy atom. The van der Waals surface area contributed by atoms with Crippen molar-refractivity contribution in [3.05, 3.63) is 132 Å². The molecule has 0 radical (unpaired) electrons. The van der Waals surface area contributed by atoms with Crippen LogP contribution in [0.5, 0.6) is 34.5 Å². The molecule has 11 heteroatoms. The van der Waals surface area contributed by atoms with E-state index in [2.05, 4.69) is 102 Å². The number of hydrogen-bond acceptors (Lipinski definition) is 9. The summed E-state index contributed by atoms with van der Waals surface area (Å²) in [5, 5.41) is 0. The molecule has 2 heterocycles. The van der Waals surface area contributed by atoms with E-state index in [0.29, 0.717) is 36.4 Å². The molecule has 2 aromatic heterocycles. The van der Waals surface area contributed by atoms with Gasteiger partial charge in [0.25, 0.3) is 0 Å². The number of rotatable bonds is 44. The maximum Gasteiger partial charge on any atom is 0.167 e. The summed E-state index contributed by atoms with van der Waals surface area (Å²) in [6.45, 7) is 21.8. The molecular formula is C72H106N4O5Si2. The lowest BCUT2D eigenvalue weighted by Gasteiger charge is -2.22. The minimum Gasteiger partial charge on any atom is -0.494 e. The highest BCUT2D eigenvalue weighted by Crippen LogP contribution is 2.33. The standard InChI is InChI=1S/C72H106N4O5Si2/c1-9-13-17-19-21-23-27-49-77-63-41-33-59(34-42-63)57-79-65-45-37-61(38-46-65)71-73-55-69(67(75-71)31-25-29-53-82(5,6)51-15-11-3)81-70-56-74-72(76-68(70)32-26-30-54-83(7,8)52-16-12-4)62-39-47-66(48-40-62)80-58-60-35-43-64(44-36-60)78-50-28-24-22-20-18-14-10-2/h33-48,55-56H,9-32,49-54,57-58H2,1-8H3. The number of nitrogens with zero attached hydrogens (tertiary/aromatic N) is 4. The Bertz CT molecular complexity index is 2500. The Kier molecular flexibility index (Phi) is 30.3. The molecule has 0 aliphatic rings. The normalized spacial score (nSPS) is 11.7. The lowest BCUT2D eigenvalue weighted by atomic mass is 10.1. The van der Waals surface area contributed by atoms with Gasteiger partial charge < -0.3 is 23.7 Å². The maximum absolute atomic E-state index is 6.92. The summed E-state index contributed by atoms with van der Waals surface area (Å²) in [4.78, 5) is 20.4. The van der Waals surface area contributed by atoms with Crippen molar-refractivity contribution in [3.63, 3.8) is 0 Å². The molecule has 0 unspecified atom stereocenters. The summed E-state index contributed by atoms with van der Waals surface area (Å²) < 4.78 is 31.5. The van der Waals surface area contributed by atoms with Crippen LogP contribution in [0.3, 0.4) is 0 Å². The summed E-state index contributed by atoms with van der Waals surface area (Å²) in [5.41, 5.74) is 5.89. The Hall–Kier alpha value is -5.53. The largest absolute Gasteiger partial charge is 0.494 e. The minimum absolute atomic E-state index is 0.473. The van der Waals surface area contributed by atoms with Gasteiger partial charge in [-0.2, -0.15) is 0 Å². The van der Waals surface area contributed by atoms with Crippen molar-refractivity contribution in [3.8, 4) is 57.3 Å². The van der Waals surface area contributed by atoms with Crippen molar-refractivity contribution in [1.82, 2.24) is 19.9 Å². The van der Waals surface area contributed by atoms with E-state index >= 15 is 0 Å². The van der Waals surface area contributed by atoms with Gasteiger partial charge in [-0.3, -0.25) is 0 Å². The first kappa shape index (κ1) is 66.6. The fraction of sp³-hybridized carbons (Fsp3) is 0.556. The van der Waals surface area contributed by atoms with E-state index in [0.717, 1.165) is 108 Å². The highest BCUT2D eigenvalue weighted by Gasteiger charge is 2.22. The van der Waals surface area contributed by atoms with Crippen LogP contribution in [0.1, 0.15) is 191 Å². The molecule has 0 fully saturated rings. The maximum atomic E-state index is 6.92. The number of unbranched alkanes of at least 4 members (excludes halogenated alkanes) is 16. The zero-order valence-electron chi connectivity index (χ0n) is 52.8. The first-order valence-corrected chi connectivity index (χ1v) is 39.6. The van der Waals surface area contributed by atoms with Crippen molar-refractivity contribution in [2.75, 3.05) is 13.2 Å². The highest BCUT2D eigenvalue weighted by molar-refractivity contribution is 6.77. The van der Waals surface area contributed by atoms with Gasteiger partial charge in [-0.15, -0.1) is 0 Å². The second-order valence-electron chi connectivity index (χ2n) is 24.9. The van der Waals surface area contributed by atoms with Gasteiger partial charge >= 0.3 is 0 Å². The van der Waals surface area contributed by atoms with Gasteiger partial charge in [-0.05, 0) is 122 Å². The van der Waals surface area contributed by atoms with E-state index in [-0.39, 0.29) is 0 Å². The monoisotopic (exact) mass is 1160 g/mol. The van der Waals surface area contributed by atoms with Crippen molar-refractivity contribution in [2.45, 2.75) is 245 Å². The van der Waals surface area contributed by atoms with E-state index in [4.69, 9.17) is 43.6 Å². The molecule has 9 nitrogen and oxygen atoms in total. The zero-order chi connectivity index (χ0) is 58.8. The van der Waals surface area contributed by atoms with E-state index in [1.54, 1.807) is 0 Å². The van der Waals surface area contributed by atoms with Gasteiger partial charge in [0, 0.05) is 27.3 Å². The van der Waals surface area contributed by atoms with Crippen LogP contribution in [0, 0.1) is 0 Å². The Morgan fingerprint density at radius 2 is 0.663 bits per heavy atom. The van der Waals surface area contributed by atoms with Crippen molar-refractivity contribution in [1.29, 1.82) is 0 Å². The number of benzene rings is 4. The van der Waals surface area contributed by atoms with E-state index in [9.17, 15) is 0 Å². The molecule has 83 heavy (non-hydrogen) atoms. The number of hydrogen-bond donors (Lipinski definition) is 0. The summed E-state index contributed by atoms with van der Waals surface area (Å²) >= 11 is 0. The average Bonchev–Trinajstić information content (AvgIpc) is 3.65. The lowest BCUT2D eigenvalue weighted by molar-refractivity contribution is 0.300. The molecule has 0 atom stereocenters. The zero-order valence-corrected chi connectivity index (χ0v) is 54.8. The molecule has 0 spiro atoms. The van der Waals surface area contributed by atoms with E-state index < -0.39 is 16.1 Å². The summed E-state index contributed by atoms with van der Waals surface area (Å²) in [7, 11) is -2.53. The van der Waals surface area contributed by atoms with Crippen LogP contribution in [0.2, 0.25) is 50.4 Å². The molecule has 0 amide bonds. The molecule has 6 aromatic rings. The second-order valence-corrected chi connectivity index (χ2v) is 35.6. The molecule has 0 bridgehead atoms. The molecule has 4 aromatic carbocycles. The molecule has 0 aliphatic heterocycles. The van der Waals surface area contributed by atoms with Crippen molar-refractivity contribution in [2.24, 2.45) is 0 Å². The van der Waals surface area contributed by atoms with E-state index in [1.807, 2.05) is 60.9 Å². The predicted octanol–water partition coefficient (Wildman–Crippen LogP) is 21.5. The molecule has 0 saturated heterocycles. The minimum atomic E-state index is -1.26. The van der Waals surface area contributed by atoms with Gasteiger partial charge in [-0.25, -0.2) is 19.9 Å². The molecule has 6 rings (SSSR count). The molecule has 452 valence electrons. The lowest BCUT2D eigenvalue weighted by Crippen LogP contribution is -2.24. The molecule has 0 aliphatic carbocycles. The summed E-state index contributed by atoms with van der Waals surface area (Å²) in [6, 6.07) is 38.2. The van der Waals surface area contributed by atoms with Gasteiger partial charge in [0.2, 0.25) is 0 Å². The van der Waals surface area contributed by atoms with Gasteiger partial charge in [-0.1, -0.05) is 218 Å². The fourth-order valence-electron chi connectivity index (χ4n) is 10.7. The number of aryl methyl sites for hydroxylation is 2.